The third-order valence-corrected chi connectivity index (χ3v) is 18.4. The summed E-state index contributed by atoms with van der Waals surface area (Å²) in [6.07, 6.45) is 37.5. The Kier molecular flexibility index (Phi) is 49.5. The van der Waals surface area contributed by atoms with Crippen molar-refractivity contribution in [1.29, 1.82) is 0 Å². The van der Waals surface area contributed by atoms with Crippen molar-refractivity contribution in [2.24, 2.45) is 0 Å². The van der Waals surface area contributed by atoms with Crippen molar-refractivity contribution < 1.29 is 89.4 Å². The number of allylic oxidation sites excluding steroid dienone is 5. The van der Waals surface area contributed by atoms with Crippen molar-refractivity contribution in [3.63, 3.8) is 0 Å². The molecule has 19 heteroatoms. The van der Waals surface area contributed by atoms with E-state index in [9.17, 15) is 61.0 Å². The van der Waals surface area contributed by atoms with Gasteiger partial charge >= 0.3 is 0 Å². The molecule has 0 saturated carbocycles. The van der Waals surface area contributed by atoms with Crippen LogP contribution < -0.4 is 5.32 Å². The van der Waals surface area contributed by atoms with Crippen LogP contribution in [0.4, 0.5) is 0 Å². The number of carbonyl (C=O) groups excluding carboxylic acids is 1. The van der Waals surface area contributed by atoms with E-state index in [1.807, 2.05) is 6.08 Å². The largest absolute Gasteiger partial charge is 0.394 e. The second-order valence-electron chi connectivity index (χ2n) is 26.4. The van der Waals surface area contributed by atoms with Gasteiger partial charge in [-0.2, -0.15) is 0 Å². The molecule has 0 radical (unpaired) electrons. The highest BCUT2D eigenvalue weighted by Gasteiger charge is 2.53. The molecule has 0 aromatic heterocycles. The number of hydrogen-bond donors (Lipinski definition) is 12. The van der Waals surface area contributed by atoms with Gasteiger partial charge in [-0.3, -0.25) is 4.79 Å². The summed E-state index contributed by atoms with van der Waals surface area (Å²) in [6, 6.07) is -0.987. The minimum atomic E-state index is -1.98. The van der Waals surface area contributed by atoms with Gasteiger partial charge in [-0.05, 0) is 57.8 Å². The molecule has 534 valence electrons. The topological polar surface area (TPSA) is 307 Å². The number of unbranched alkanes of at least 4 members (excludes halogenated alkanes) is 37. The summed E-state index contributed by atoms with van der Waals surface area (Å²) in [7, 11) is 0. The number of ether oxygens (including phenoxy) is 6. The summed E-state index contributed by atoms with van der Waals surface area (Å²) < 4.78 is 34.3. The number of carbonyl (C=O) groups is 1. The fraction of sp³-hybridized carbons (Fsp3) is 0.903. The van der Waals surface area contributed by atoms with E-state index in [1.165, 1.54) is 212 Å². The molecule has 1 amide bonds. The molecule has 0 aromatic carbocycles. The quantitative estimate of drug-likeness (QED) is 0.0199. The summed E-state index contributed by atoms with van der Waals surface area (Å²) in [5, 5.41) is 120. The van der Waals surface area contributed by atoms with E-state index in [0.29, 0.717) is 12.8 Å². The Balaban J connectivity index is 1.31. The predicted molar refractivity (Wildman–Crippen MR) is 356 cm³/mol. The van der Waals surface area contributed by atoms with Crippen molar-refractivity contribution in [3.05, 3.63) is 36.5 Å². The first-order valence-corrected chi connectivity index (χ1v) is 36.7. The zero-order chi connectivity index (χ0) is 66.1. The van der Waals surface area contributed by atoms with E-state index in [-0.39, 0.29) is 18.9 Å². The molecule has 17 atom stereocenters. The molecular weight excluding hydrogens is 1170 g/mol. The van der Waals surface area contributed by atoms with Gasteiger partial charge in [0, 0.05) is 6.42 Å². The Morgan fingerprint density at radius 2 is 0.703 bits per heavy atom. The number of rotatable bonds is 57. The second kappa shape index (κ2) is 54.1. The van der Waals surface area contributed by atoms with Crippen LogP contribution in [0.5, 0.6) is 0 Å². The van der Waals surface area contributed by atoms with Crippen LogP contribution in [0.15, 0.2) is 36.5 Å². The molecule has 91 heavy (non-hydrogen) atoms. The average molecular weight is 1300 g/mol. The Hall–Kier alpha value is -1.99. The third-order valence-electron chi connectivity index (χ3n) is 18.4. The van der Waals surface area contributed by atoms with Crippen LogP contribution in [-0.4, -0.2) is 193 Å². The Morgan fingerprint density at radius 3 is 1.10 bits per heavy atom. The van der Waals surface area contributed by atoms with Gasteiger partial charge in [0.2, 0.25) is 5.91 Å². The van der Waals surface area contributed by atoms with Crippen molar-refractivity contribution in [1.82, 2.24) is 5.32 Å². The van der Waals surface area contributed by atoms with Crippen LogP contribution in [0, 0.1) is 0 Å². The fourth-order valence-electron chi connectivity index (χ4n) is 12.4. The standard InChI is InChI=1S/C72H133NO18/c1-3-5-7-9-11-13-15-16-17-18-19-20-21-22-23-24-25-26-27-28-29-30-31-32-33-34-35-36-37-38-40-42-44-46-48-50-60(78)73-55(56(77)49-47-45-43-41-39-14-12-10-8-6-4-2)54-86-70-66(84)63(81)68(58(52-75)88-70)91-72-67(85)64(82)69(59(53-76)89-72)90-71-65(83)62(80)61(79)57(51-74)87-71/h18-19,39,41,47,49,55-59,61-72,74-77,79-85H,3-17,20-38,40,42-46,48,50-54H2,1-2H3,(H,73,78)/b19-18-,41-39+,49-47+. The monoisotopic (exact) mass is 1300 g/mol. The molecule has 3 aliphatic rings. The molecule has 12 N–H and O–H groups in total. The van der Waals surface area contributed by atoms with Gasteiger partial charge < -0.3 is 89.9 Å². The number of aliphatic hydroxyl groups is 11. The highest BCUT2D eigenvalue weighted by molar-refractivity contribution is 5.76. The first kappa shape index (κ1) is 83.2. The van der Waals surface area contributed by atoms with Gasteiger partial charge in [-0.25, -0.2) is 0 Å². The van der Waals surface area contributed by atoms with E-state index in [1.54, 1.807) is 6.08 Å². The maximum Gasteiger partial charge on any atom is 0.220 e. The molecule has 0 bridgehead atoms. The summed E-state index contributed by atoms with van der Waals surface area (Å²) in [6.45, 7) is 1.70. The second-order valence-corrected chi connectivity index (χ2v) is 26.4. The van der Waals surface area contributed by atoms with E-state index in [0.717, 1.165) is 38.5 Å². The lowest BCUT2D eigenvalue weighted by Crippen LogP contribution is -2.66. The van der Waals surface area contributed by atoms with Crippen LogP contribution in [0.25, 0.3) is 0 Å². The van der Waals surface area contributed by atoms with Crippen molar-refractivity contribution in [2.75, 3.05) is 26.4 Å². The lowest BCUT2D eigenvalue weighted by molar-refractivity contribution is -0.379. The molecule has 3 saturated heterocycles. The van der Waals surface area contributed by atoms with E-state index >= 15 is 0 Å². The van der Waals surface area contributed by atoms with E-state index < -0.39 is 124 Å². The maximum absolute atomic E-state index is 13.4. The Labute approximate surface area is 549 Å². The van der Waals surface area contributed by atoms with Crippen LogP contribution in [0.2, 0.25) is 0 Å². The van der Waals surface area contributed by atoms with Crippen LogP contribution in [0.1, 0.15) is 284 Å². The normalized spacial score (nSPS) is 28.0. The lowest BCUT2D eigenvalue weighted by atomic mass is 9.96. The predicted octanol–water partition coefficient (Wildman–Crippen LogP) is 10.4. The van der Waals surface area contributed by atoms with Crippen LogP contribution >= 0.6 is 0 Å². The van der Waals surface area contributed by atoms with E-state index in [4.69, 9.17) is 28.4 Å². The number of amides is 1. The summed E-state index contributed by atoms with van der Waals surface area (Å²) in [5.74, 6) is -0.283. The first-order valence-electron chi connectivity index (χ1n) is 36.7. The van der Waals surface area contributed by atoms with E-state index in [2.05, 4.69) is 43.5 Å². The zero-order valence-electron chi connectivity index (χ0n) is 56.6. The highest BCUT2D eigenvalue weighted by Crippen LogP contribution is 2.33. The first-order chi connectivity index (χ1) is 44.3. The SMILES string of the molecule is CCCCCCC/C=C/CC/C=C/C(O)C(COC1OC(CO)C(OC2OC(CO)C(OC3OC(CO)C(O)C(O)C3O)C(O)C2O)C(O)C1O)NC(=O)CCCCCCCCCCCCCCCCCCCCCCCCC/C=C\CCCCCCCCCC. The molecule has 17 unspecified atom stereocenters. The lowest BCUT2D eigenvalue weighted by Gasteiger charge is -2.48. The smallest absolute Gasteiger partial charge is 0.220 e. The molecular formula is C72H133NO18. The summed E-state index contributed by atoms with van der Waals surface area (Å²) in [4.78, 5) is 13.4. The fourth-order valence-corrected chi connectivity index (χ4v) is 12.4. The summed E-state index contributed by atoms with van der Waals surface area (Å²) in [5.41, 5.74) is 0. The maximum atomic E-state index is 13.4. The average Bonchev–Trinajstić information content (AvgIpc) is 0.850. The molecule has 0 aliphatic carbocycles. The van der Waals surface area contributed by atoms with Gasteiger partial charge in [0.15, 0.2) is 18.9 Å². The molecule has 3 fully saturated rings. The molecule has 19 nitrogen and oxygen atoms in total. The minimum Gasteiger partial charge on any atom is -0.394 e. The molecule has 3 heterocycles. The molecule has 0 aromatic rings. The summed E-state index contributed by atoms with van der Waals surface area (Å²) >= 11 is 0. The highest BCUT2D eigenvalue weighted by atomic mass is 16.8. The van der Waals surface area contributed by atoms with Crippen molar-refractivity contribution in [2.45, 2.75) is 388 Å². The molecule has 3 rings (SSSR count). The molecule has 3 aliphatic heterocycles. The van der Waals surface area contributed by atoms with Crippen molar-refractivity contribution in [3.8, 4) is 0 Å². The number of nitrogens with one attached hydrogen (secondary N) is 1. The third kappa shape index (κ3) is 35.7. The Bertz CT molecular complexity index is 1790. The van der Waals surface area contributed by atoms with Gasteiger partial charge in [0.05, 0.1) is 38.6 Å². The Morgan fingerprint density at radius 1 is 0.385 bits per heavy atom. The van der Waals surface area contributed by atoms with Gasteiger partial charge in [0.25, 0.3) is 0 Å². The van der Waals surface area contributed by atoms with Gasteiger partial charge in [-0.15, -0.1) is 0 Å². The van der Waals surface area contributed by atoms with Crippen LogP contribution in [-0.2, 0) is 33.2 Å². The molecule has 0 spiro atoms. The zero-order valence-corrected chi connectivity index (χ0v) is 56.6. The number of hydrogen-bond acceptors (Lipinski definition) is 18. The minimum absolute atomic E-state index is 0.239. The van der Waals surface area contributed by atoms with Gasteiger partial charge in [-0.1, -0.05) is 256 Å². The van der Waals surface area contributed by atoms with Crippen molar-refractivity contribution >= 4 is 5.91 Å². The van der Waals surface area contributed by atoms with Crippen LogP contribution in [0.3, 0.4) is 0 Å². The van der Waals surface area contributed by atoms with Gasteiger partial charge in [0.1, 0.15) is 73.2 Å². The number of aliphatic hydroxyl groups excluding tert-OH is 11.